The minimum atomic E-state index is -0.609. The zero-order valence-corrected chi connectivity index (χ0v) is 26.3. The molecule has 2 aromatic heterocycles. The smallest absolute Gasteiger partial charge is 0.293 e. The predicted octanol–water partition coefficient (Wildman–Crippen LogP) is 4.18. The third-order valence-corrected chi connectivity index (χ3v) is 7.64. The van der Waals surface area contributed by atoms with Crippen molar-refractivity contribution < 1.29 is 28.0 Å². The number of methoxy groups -OCH3 is 2. The predicted molar refractivity (Wildman–Crippen MR) is 165 cm³/mol. The average molecular weight is 665 g/mol. The number of aromatic nitrogens is 5. The van der Waals surface area contributed by atoms with Crippen LogP contribution in [-0.2, 0) is 13.2 Å². The number of rotatable bonds is 11. The highest BCUT2D eigenvalue weighted by Gasteiger charge is 2.28. The lowest BCUT2D eigenvalue weighted by Gasteiger charge is -2.33. The molecule has 0 aliphatic carbocycles. The molecule has 1 unspecified atom stereocenters. The van der Waals surface area contributed by atoms with Gasteiger partial charge < -0.3 is 19.9 Å². The van der Waals surface area contributed by atoms with Crippen molar-refractivity contribution in [1.82, 2.24) is 35.6 Å². The van der Waals surface area contributed by atoms with Crippen LogP contribution in [-0.4, -0.2) is 69.1 Å². The number of halogens is 3. The highest BCUT2D eigenvalue weighted by atomic mass is 35.5. The minimum Gasteiger partial charge on any atom is -0.496 e. The van der Waals surface area contributed by atoms with Crippen molar-refractivity contribution in [2.75, 3.05) is 26.5 Å². The lowest BCUT2D eigenvalue weighted by molar-refractivity contribution is 0.0945. The summed E-state index contributed by atoms with van der Waals surface area (Å²) in [5.41, 5.74) is 9.53. The molecule has 14 nitrogen and oxygen atoms in total. The largest absolute Gasteiger partial charge is 0.496 e. The summed E-state index contributed by atoms with van der Waals surface area (Å²) in [6, 6.07) is 7.86. The Labute approximate surface area is 269 Å². The van der Waals surface area contributed by atoms with Gasteiger partial charge in [0, 0.05) is 30.3 Å². The molecule has 240 valence electrons. The standard InChI is InChI=1S/C28H31ClFN9O5.ClH/c1-16-7-4-5-10-38(16)14-22-25(33-37-39(22)27-26(31)35-44-36-27)28(40)34-32-13-18-23(41-2)11-17(12-24(18)42-3)43-15-19-20(29)8-6-9-21(19)30;/h6,8-9,11-13,16H,4-5,7,10,14-15H2,1-3H3,(H2,31,35)(H,34,40);1H/b32-13-;. The molecule has 1 aliphatic rings. The molecule has 5 rings (SSSR count). The van der Waals surface area contributed by atoms with Crippen molar-refractivity contribution >= 4 is 41.9 Å². The topological polar surface area (TPSA) is 168 Å². The number of nitrogens with two attached hydrogens (primary N) is 1. The number of carbonyl (C=O) groups excluding carboxylic acids is 1. The van der Waals surface area contributed by atoms with E-state index in [1.165, 1.54) is 37.2 Å². The van der Waals surface area contributed by atoms with Gasteiger partial charge in [-0.25, -0.2) is 14.4 Å². The summed E-state index contributed by atoms with van der Waals surface area (Å²) in [6.07, 6.45) is 4.57. The number of anilines is 1. The average Bonchev–Trinajstić information content (AvgIpc) is 3.63. The van der Waals surface area contributed by atoms with E-state index in [-0.39, 0.29) is 46.9 Å². The molecule has 4 aromatic rings. The van der Waals surface area contributed by atoms with Crippen molar-refractivity contribution in [3.63, 3.8) is 0 Å². The van der Waals surface area contributed by atoms with Gasteiger partial charge in [0.15, 0.2) is 5.69 Å². The number of ether oxygens (including phenoxy) is 3. The Balaban J connectivity index is 0.00000461. The molecule has 2 aromatic carbocycles. The van der Waals surface area contributed by atoms with Crippen LogP contribution >= 0.6 is 24.0 Å². The summed E-state index contributed by atoms with van der Waals surface area (Å²) in [6.45, 7) is 3.24. The number of benzene rings is 2. The molecule has 0 bridgehead atoms. The summed E-state index contributed by atoms with van der Waals surface area (Å²) in [5.74, 6) is 0.0557. The molecule has 45 heavy (non-hydrogen) atoms. The molecule has 1 atom stereocenters. The number of hydrazone groups is 1. The van der Waals surface area contributed by atoms with E-state index in [0.29, 0.717) is 41.1 Å². The zero-order chi connectivity index (χ0) is 31.2. The SMILES string of the molecule is COc1cc(OCc2c(F)cccc2Cl)cc(OC)c1/C=N\NC(=O)c1nnn(-c2nonc2N)c1CN1CCCCC1C.Cl. The Bertz CT molecular complexity index is 1620. The number of carbonyl (C=O) groups is 1. The number of hydrogen-bond donors (Lipinski definition) is 2. The molecule has 0 radical (unpaired) electrons. The number of hydrogen-bond acceptors (Lipinski definition) is 12. The molecule has 1 amide bonds. The van der Waals surface area contributed by atoms with Crippen LogP contribution in [0, 0.1) is 5.82 Å². The summed E-state index contributed by atoms with van der Waals surface area (Å²) < 4.78 is 37.1. The lowest BCUT2D eigenvalue weighted by Crippen LogP contribution is -2.38. The zero-order valence-electron chi connectivity index (χ0n) is 24.7. The van der Waals surface area contributed by atoms with E-state index in [4.69, 9.17) is 36.2 Å². The molecular formula is C28H32Cl2FN9O5. The Morgan fingerprint density at radius 3 is 2.64 bits per heavy atom. The van der Waals surface area contributed by atoms with Crippen LogP contribution in [0.4, 0.5) is 10.2 Å². The van der Waals surface area contributed by atoms with Gasteiger partial charge in [0.1, 0.15) is 29.7 Å². The fourth-order valence-electron chi connectivity index (χ4n) is 4.87. The van der Waals surface area contributed by atoms with Crippen LogP contribution in [0.1, 0.15) is 53.5 Å². The number of likely N-dealkylation sites (tertiary alicyclic amines) is 1. The van der Waals surface area contributed by atoms with Crippen LogP contribution in [0.5, 0.6) is 17.2 Å². The molecule has 0 spiro atoms. The summed E-state index contributed by atoms with van der Waals surface area (Å²) in [4.78, 5) is 15.5. The van der Waals surface area contributed by atoms with E-state index < -0.39 is 11.7 Å². The number of amides is 1. The first-order chi connectivity index (χ1) is 21.3. The quantitative estimate of drug-likeness (QED) is 0.174. The Morgan fingerprint density at radius 2 is 2.00 bits per heavy atom. The van der Waals surface area contributed by atoms with Gasteiger partial charge in [-0.05, 0) is 48.8 Å². The summed E-state index contributed by atoms with van der Waals surface area (Å²) >= 11 is 6.12. The fraction of sp³-hybridized carbons (Fsp3) is 0.357. The van der Waals surface area contributed by atoms with Gasteiger partial charge >= 0.3 is 0 Å². The van der Waals surface area contributed by atoms with Gasteiger partial charge in [-0.2, -0.15) is 9.78 Å². The van der Waals surface area contributed by atoms with Crippen molar-refractivity contribution in [3.05, 3.63) is 63.7 Å². The molecular weight excluding hydrogens is 632 g/mol. The van der Waals surface area contributed by atoms with Gasteiger partial charge in [-0.3, -0.25) is 9.69 Å². The number of piperidine rings is 1. The second-order valence-electron chi connectivity index (χ2n) is 10.0. The van der Waals surface area contributed by atoms with E-state index >= 15 is 0 Å². The van der Waals surface area contributed by atoms with E-state index in [0.717, 1.165) is 25.8 Å². The van der Waals surface area contributed by atoms with Crippen LogP contribution in [0.15, 0.2) is 40.1 Å². The molecule has 3 heterocycles. The molecule has 1 aliphatic heterocycles. The maximum atomic E-state index is 14.2. The van der Waals surface area contributed by atoms with Crippen LogP contribution < -0.4 is 25.4 Å². The van der Waals surface area contributed by atoms with Crippen LogP contribution in [0.3, 0.4) is 0 Å². The van der Waals surface area contributed by atoms with Crippen molar-refractivity contribution in [2.24, 2.45) is 5.10 Å². The number of nitrogens with one attached hydrogen (secondary N) is 1. The first-order valence-electron chi connectivity index (χ1n) is 13.7. The molecule has 3 N–H and O–H groups in total. The van der Waals surface area contributed by atoms with Crippen molar-refractivity contribution in [1.29, 1.82) is 0 Å². The van der Waals surface area contributed by atoms with Gasteiger partial charge in [0.25, 0.3) is 5.91 Å². The summed E-state index contributed by atoms with van der Waals surface area (Å²) in [5, 5.41) is 20.0. The van der Waals surface area contributed by atoms with Crippen LogP contribution in [0.25, 0.3) is 5.82 Å². The number of nitrogens with zero attached hydrogens (tertiary/aromatic N) is 7. The summed E-state index contributed by atoms with van der Waals surface area (Å²) in [7, 11) is 2.91. The lowest BCUT2D eigenvalue weighted by atomic mass is 10.0. The first-order valence-corrected chi connectivity index (χ1v) is 14.1. The van der Waals surface area contributed by atoms with Gasteiger partial charge in [0.2, 0.25) is 11.6 Å². The first kappa shape index (κ1) is 33.4. The maximum Gasteiger partial charge on any atom is 0.293 e. The van der Waals surface area contributed by atoms with Crippen LogP contribution in [0.2, 0.25) is 5.02 Å². The van der Waals surface area contributed by atoms with Gasteiger partial charge in [-0.1, -0.05) is 29.3 Å². The van der Waals surface area contributed by atoms with Crippen molar-refractivity contribution in [3.8, 4) is 23.1 Å². The highest BCUT2D eigenvalue weighted by molar-refractivity contribution is 6.31. The number of nitrogen functional groups attached to an aromatic ring is 1. The molecule has 0 saturated carbocycles. The Hall–Kier alpha value is -4.47. The molecule has 1 fully saturated rings. The van der Waals surface area contributed by atoms with E-state index in [1.807, 2.05) is 0 Å². The molecule has 1 saturated heterocycles. The van der Waals surface area contributed by atoms with Gasteiger partial charge in [0.05, 0.1) is 36.7 Å². The minimum absolute atomic E-state index is 0. The monoisotopic (exact) mass is 663 g/mol. The van der Waals surface area contributed by atoms with E-state index in [9.17, 15) is 9.18 Å². The normalized spacial score (nSPS) is 15.1. The van der Waals surface area contributed by atoms with E-state index in [1.54, 1.807) is 18.2 Å². The highest BCUT2D eigenvalue weighted by Crippen LogP contribution is 2.34. The van der Waals surface area contributed by atoms with Crippen molar-refractivity contribution in [2.45, 2.75) is 45.4 Å². The molecule has 17 heteroatoms. The Kier molecular flexibility index (Phi) is 11.1. The second kappa shape index (κ2) is 15.0. The van der Waals surface area contributed by atoms with Gasteiger partial charge in [-0.15, -0.1) is 17.5 Å². The fourth-order valence-corrected chi connectivity index (χ4v) is 5.09. The maximum absolute atomic E-state index is 14.2. The Morgan fingerprint density at radius 1 is 1.24 bits per heavy atom. The van der Waals surface area contributed by atoms with E-state index in [2.05, 4.69) is 43.0 Å². The third-order valence-electron chi connectivity index (χ3n) is 7.29. The third kappa shape index (κ3) is 7.44. The second-order valence-corrected chi connectivity index (χ2v) is 10.4.